The second kappa shape index (κ2) is 15.5. The Hall–Kier alpha value is -8.28. The molecule has 5 nitrogen and oxygen atoms in total. The van der Waals surface area contributed by atoms with Gasteiger partial charge in [0.2, 0.25) is 0 Å². The summed E-state index contributed by atoms with van der Waals surface area (Å²) >= 11 is 0. The van der Waals surface area contributed by atoms with Gasteiger partial charge in [0.15, 0.2) is 17.5 Å². The molecule has 0 unspecified atom stereocenters. The minimum atomic E-state index is 0.589. The van der Waals surface area contributed by atoms with E-state index in [0.29, 0.717) is 17.5 Å². The molecule has 0 radical (unpaired) electrons. The molecule has 0 aliphatic rings. The number of hydrogen-bond donors (Lipinski definition) is 0. The molecule has 0 aliphatic carbocycles. The number of rotatable bonds is 8. The van der Waals surface area contributed by atoms with Crippen LogP contribution in [0.2, 0.25) is 0 Å². The van der Waals surface area contributed by atoms with Crippen molar-refractivity contribution in [3.8, 4) is 84.5 Å². The lowest BCUT2D eigenvalue weighted by atomic mass is 9.93. The molecule has 11 rings (SSSR count). The minimum absolute atomic E-state index is 0.589. The van der Waals surface area contributed by atoms with Crippen LogP contribution in [0.5, 0.6) is 0 Å². The van der Waals surface area contributed by atoms with Gasteiger partial charge in [-0.3, -0.25) is 0 Å². The molecule has 0 bridgehead atoms. The van der Waals surface area contributed by atoms with E-state index in [4.69, 9.17) is 20.1 Å². The zero-order valence-corrected chi connectivity index (χ0v) is 33.1. The van der Waals surface area contributed by atoms with E-state index in [1.54, 1.807) is 0 Å². The third kappa shape index (κ3) is 6.84. The molecule has 11 aromatic rings. The molecule has 0 saturated carbocycles. The summed E-state index contributed by atoms with van der Waals surface area (Å²) in [7, 11) is 0. The van der Waals surface area contributed by atoms with Gasteiger partial charge in [0, 0.05) is 33.0 Å². The Labute approximate surface area is 354 Å². The van der Waals surface area contributed by atoms with E-state index in [9.17, 15) is 0 Å². The van der Waals surface area contributed by atoms with Crippen LogP contribution in [-0.2, 0) is 0 Å². The van der Waals surface area contributed by atoms with Crippen LogP contribution in [0.4, 0.5) is 0 Å². The van der Waals surface area contributed by atoms with Crippen molar-refractivity contribution < 1.29 is 0 Å². The highest BCUT2D eigenvalue weighted by atomic mass is 15.3. The summed E-state index contributed by atoms with van der Waals surface area (Å²) in [5.41, 5.74) is 13.4. The van der Waals surface area contributed by atoms with Crippen LogP contribution in [0.3, 0.4) is 0 Å². The fourth-order valence-electron chi connectivity index (χ4n) is 8.28. The smallest absolute Gasteiger partial charge is 0.164 e. The molecule has 0 spiro atoms. The van der Waals surface area contributed by atoms with Crippen LogP contribution < -0.4 is 0 Å². The maximum atomic E-state index is 5.42. The summed E-state index contributed by atoms with van der Waals surface area (Å²) in [6.45, 7) is 0. The maximum absolute atomic E-state index is 5.42. The first-order valence-electron chi connectivity index (χ1n) is 20.5. The molecule has 0 aliphatic heterocycles. The number of aromatic nitrogens is 5. The van der Waals surface area contributed by atoms with E-state index in [0.717, 1.165) is 88.7 Å². The highest BCUT2D eigenvalue weighted by molar-refractivity contribution is 6.17. The molecule has 5 heteroatoms. The molecular formula is C56H37N5. The van der Waals surface area contributed by atoms with E-state index in [1.165, 1.54) is 0 Å². The quantitative estimate of drug-likeness (QED) is 0.154. The van der Waals surface area contributed by atoms with Crippen LogP contribution >= 0.6 is 0 Å². The maximum Gasteiger partial charge on any atom is 0.164 e. The normalized spacial score (nSPS) is 11.3. The van der Waals surface area contributed by atoms with Crippen molar-refractivity contribution in [2.24, 2.45) is 0 Å². The Morgan fingerprint density at radius 3 is 1.26 bits per heavy atom. The fraction of sp³-hybridized carbons (Fsp3) is 0. The third-order valence-corrected chi connectivity index (χ3v) is 11.2. The monoisotopic (exact) mass is 779 g/mol. The van der Waals surface area contributed by atoms with Gasteiger partial charge in [-0.1, -0.05) is 188 Å². The second-order valence-corrected chi connectivity index (χ2v) is 15.1. The predicted molar refractivity (Wildman–Crippen MR) is 250 cm³/mol. The zero-order valence-electron chi connectivity index (χ0n) is 33.1. The topological polar surface area (TPSA) is 56.5 Å². The van der Waals surface area contributed by atoms with Crippen molar-refractivity contribution in [2.45, 2.75) is 0 Å². The summed E-state index contributed by atoms with van der Waals surface area (Å²) in [5, 5.41) is 8.64. The van der Waals surface area contributed by atoms with Gasteiger partial charge in [0.25, 0.3) is 0 Å². The van der Waals surface area contributed by atoms with Crippen LogP contribution in [0.1, 0.15) is 0 Å². The molecule has 0 atom stereocenters. The molecule has 2 aromatic heterocycles. The van der Waals surface area contributed by atoms with E-state index >= 15 is 0 Å². The molecule has 0 amide bonds. The Balaban J connectivity index is 1.17. The van der Waals surface area contributed by atoms with E-state index in [1.807, 2.05) is 24.3 Å². The lowest BCUT2D eigenvalue weighted by Crippen LogP contribution is -2.01. The molecular weight excluding hydrogens is 743 g/mol. The number of nitrogens with zero attached hydrogens (tertiary/aromatic N) is 5. The van der Waals surface area contributed by atoms with Crippen LogP contribution in [-0.4, -0.2) is 24.7 Å². The minimum Gasteiger partial charge on any atom is -0.232 e. The molecule has 286 valence electrons. The van der Waals surface area contributed by atoms with Gasteiger partial charge in [-0.05, 0) is 75.2 Å². The fourth-order valence-corrected chi connectivity index (χ4v) is 8.28. The lowest BCUT2D eigenvalue weighted by Gasteiger charge is -2.13. The van der Waals surface area contributed by atoms with Crippen LogP contribution in [0.15, 0.2) is 224 Å². The SMILES string of the molecule is c1ccc(-c2cccc(-c3nc(-c4cccc(-c5ccccc5)c4)nc(-c4ccc5cc(-c6ccccc6)c6c(-c7ccccc7)nn(-c7ccccc7)c6c5c4)n3)c2)cc1. The Bertz CT molecular complexity index is 3230. The molecule has 0 N–H and O–H groups in total. The second-order valence-electron chi connectivity index (χ2n) is 15.1. The zero-order chi connectivity index (χ0) is 40.5. The average molecular weight is 780 g/mol. The Kier molecular flexibility index (Phi) is 9.10. The van der Waals surface area contributed by atoms with Gasteiger partial charge < -0.3 is 0 Å². The highest BCUT2D eigenvalue weighted by Crippen LogP contribution is 2.43. The number of para-hydroxylation sites is 1. The average Bonchev–Trinajstić information content (AvgIpc) is 3.76. The first-order chi connectivity index (χ1) is 30.2. The standard InChI is InChI=1S/C56H37N5/c1-6-18-38(19-7-1)42-26-16-28-45(34-42)54-57-55(46-29-17-27-43(35-46)39-20-8-2-9-21-39)59-56(58-54)47-33-32-44-36-49(40-22-10-3-11-23-40)51-52(41-24-12-4-13-25-41)60-61(53(51)50(44)37-47)48-30-14-5-15-31-48/h1-37H. The number of benzene rings is 9. The summed E-state index contributed by atoms with van der Waals surface area (Å²) in [6, 6.07) is 78.0. The third-order valence-electron chi connectivity index (χ3n) is 11.2. The van der Waals surface area contributed by atoms with Gasteiger partial charge in [-0.2, -0.15) is 5.10 Å². The van der Waals surface area contributed by atoms with E-state index in [2.05, 4.69) is 205 Å². The van der Waals surface area contributed by atoms with E-state index < -0.39 is 0 Å². The first kappa shape index (κ1) is 35.8. The number of hydrogen-bond acceptors (Lipinski definition) is 4. The Morgan fingerprint density at radius 2 is 0.738 bits per heavy atom. The van der Waals surface area contributed by atoms with Crippen LogP contribution in [0, 0.1) is 0 Å². The van der Waals surface area contributed by atoms with Crippen molar-refractivity contribution in [2.75, 3.05) is 0 Å². The molecule has 0 fully saturated rings. The van der Waals surface area contributed by atoms with Crippen molar-refractivity contribution in [3.05, 3.63) is 224 Å². The lowest BCUT2D eigenvalue weighted by molar-refractivity contribution is 0.918. The molecule has 9 aromatic carbocycles. The summed E-state index contributed by atoms with van der Waals surface area (Å²) in [4.78, 5) is 15.7. The van der Waals surface area contributed by atoms with Crippen LogP contribution in [0.25, 0.3) is 106 Å². The summed E-state index contributed by atoms with van der Waals surface area (Å²) < 4.78 is 2.10. The van der Waals surface area contributed by atoms with Gasteiger partial charge >= 0.3 is 0 Å². The summed E-state index contributed by atoms with van der Waals surface area (Å²) in [6.07, 6.45) is 0. The molecule has 0 saturated heterocycles. The van der Waals surface area contributed by atoms with Crippen molar-refractivity contribution in [1.82, 2.24) is 24.7 Å². The van der Waals surface area contributed by atoms with Crippen molar-refractivity contribution in [3.63, 3.8) is 0 Å². The van der Waals surface area contributed by atoms with Gasteiger partial charge in [-0.15, -0.1) is 0 Å². The number of fused-ring (bicyclic) bond motifs is 3. The molecule has 2 heterocycles. The summed E-state index contributed by atoms with van der Waals surface area (Å²) in [5.74, 6) is 1.80. The van der Waals surface area contributed by atoms with Gasteiger partial charge in [0.1, 0.15) is 5.69 Å². The van der Waals surface area contributed by atoms with Crippen molar-refractivity contribution >= 4 is 21.7 Å². The van der Waals surface area contributed by atoms with Gasteiger partial charge in [0.05, 0.1) is 11.2 Å². The predicted octanol–water partition coefficient (Wildman–Crippen LogP) is 14.0. The first-order valence-corrected chi connectivity index (χ1v) is 20.5. The van der Waals surface area contributed by atoms with Crippen molar-refractivity contribution in [1.29, 1.82) is 0 Å². The Morgan fingerprint density at radius 1 is 0.311 bits per heavy atom. The van der Waals surface area contributed by atoms with E-state index in [-0.39, 0.29) is 0 Å². The largest absolute Gasteiger partial charge is 0.232 e. The van der Waals surface area contributed by atoms with Gasteiger partial charge in [-0.25, -0.2) is 19.6 Å². The molecule has 61 heavy (non-hydrogen) atoms. The highest BCUT2D eigenvalue weighted by Gasteiger charge is 2.22.